The van der Waals surface area contributed by atoms with Crippen LogP contribution >= 0.6 is 0 Å². The second kappa shape index (κ2) is 6.89. The van der Waals surface area contributed by atoms with E-state index in [0.717, 1.165) is 37.9 Å². The van der Waals surface area contributed by atoms with E-state index in [1.165, 1.54) is 4.90 Å². The van der Waals surface area contributed by atoms with Crippen LogP contribution in [0.1, 0.15) is 38.4 Å². The van der Waals surface area contributed by atoms with E-state index >= 15 is 0 Å². The molecule has 0 N–H and O–H groups in total. The number of carbonyl (C=O) groups excluding carboxylic acids is 1. The van der Waals surface area contributed by atoms with Crippen LogP contribution in [-0.4, -0.2) is 23.6 Å². The van der Waals surface area contributed by atoms with Crippen molar-refractivity contribution >= 4 is 6.09 Å². The van der Waals surface area contributed by atoms with Crippen LogP contribution in [0, 0.1) is 12.0 Å². The first kappa shape index (κ1) is 13.5. The molecule has 1 aromatic heterocycles. The number of rotatable bonds is 5. The van der Waals surface area contributed by atoms with Crippen LogP contribution in [0.2, 0.25) is 0 Å². The van der Waals surface area contributed by atoms with Crippen molar-refractivity contribution in [2.24, 2.45) is 0 Å². The van der Waals surface area contributed by atoms with E-state index in [4.69, 9.17) is 9.15 Å². The smallest absolute Gasteiger partial charge is 0.422 e. The summed E-state index contributed by atoms with van der Waals surface area (Å²) >= 11 is 0. The van der Waals surface area contributed by atoms with Crippen LogP contribution in [0.3, 0.4) is 0 Å². The highest BCUT2D eigenvalue weighted by atomic mass is 16.6. The molecule has 1 amide bonds. The van der Waals surface area contributed by atoms with Gasteiger partial charge in [-0.05, 0) is 25.0 Å². The zero-order valence-corrected chi connectivity index (χ0v) is 11.2. The summed E-state index contributed by atoms with van der Waals surface area (Å²) in [4.78, 5) is 13.1. The number of carbonyl (C=O) groups is 1. The van der Waals surface area contributed by atoms with Gasteiger partial charge in [-0.2, -0.15) is 0 Å². The van der Waals surface area contributed by atoms with Gasteiger partial charge in [-0.3, -0.25) is 0 Å². The molecule has 0 saturated carbocycles. The fraction of sp³-hybridized carbons (Fsp3) is 0.533. The molecule has 1 aromatic rings. The number of unbranched alkanes of at least 4 members (excludes halogenated alkanes) is 2. The second-order valence-electron chi connectivity index (χ2n) is 4.61. The molecule has 0 aliphatic carbocycles. The maximum absolute atomic E-state index is 11.6. The van der Waals surface area contributed by atoms with E-state index < -0.39 is 0 Å². The van der Waals surface area contributed by atoms with Crippen LogP contribution in [-0.2, 0) is 11.2 Å². The number of hydrogen-bond donors (Lipinski definition) is 0. The predicted molar refractivity (Wildman–Crippen MR) is 71.3 cm³/mol. The van der Waals surface area contributed by atoms with Gasteiger partial charge in [-0.25, -0.2) is 9.69 Å². The van der Waals surface area contributed by atoms with Crippen molar-refractivity contribution in [3.8, 4) is 12.0 Å². The molecule has 102 valence electrons. The standard InChI is InChI=1S/C15H19NO3/c1-2-3-4-5-10-16-13(12-19-15(16)17)8-9-14-7-6-11-18-14/h6-7,11,13H,2-4,8-9,12H2,1H3/t13-/m1/s1. The van der Waals surface area contributed by atoms with Gasteiger partial charge >= 0.3 is 6.09 Å². The molecule has 1 saturated heterocycles. The Morgan fingerprint density at radius 3 is 3.16 bits per heavy atom. The molecule has 1 aliphatic rings. The zero-order chi connectivity index (χ0) is 13.5. The molecule has 0 radical (unpaired) electrons. The lowest BCUT2D eigenvalue weighted by Gasteiger charge is -2.13. The number of amides is 1. The van der Waals surface area contributed by atoms with Gasteiger partial charge in [0, 0.05) is 18.9 Å². The summed E-state index contributed by atoms with van der Waals surface area (Å²) in [5.41, 5.74) is 0. The highest BCUT2D eigenvalue weighted by Crippen LogP contribution is 2.17. The molecular formula is C15H19NO3. The Labute approximate surface area is 113 Å². The van der Waals surface area contributed by atoms with E-state index in [1.807, 2.05) is 12.1 Å². The van der Waals surface area contributed by atoms with Crippen LogP contribution in [0.4, 0.5) is 4.79 Å². The van der Waals surface area contributed by atoms with Crippen molar-refractivity contribution in [2.45, 2.75) is 45.1 Å². The molecule has 2 heterocycles. The molecule has 1 fully saturated rings. The molecule has 1 aliphatic heterocycles. The lowest BCUT2D eigenvalue weighted by atomic mass is 10.1. The first-order valence-electron chi connectivity index (χ1n) is 6.78. The van der Waals surface area contributed by atoms with E-state index in [1.54, 1.807) is 6.26 Å². The van der Waals surface area contributed by atoms with Gasteiger partial charge in [-0.1, -0.05) is 19.3 Å². The van der Waals surface area contributed by atoms with Gasteiger partial charge in [0.05, 0.1) is 12.3 Å². The normalized spacial score (nSPS) is 18.1. The van der Waals surface area contributed by atoms with E-state index in [0.29, 0.717) is 6.61 Å². The van der Waals surface area contributed by atoms with E-state index in [9.17, 15) is 4.79 Å². The summed E-state index contributed by atoms with van der Waals surface area (Å²) in [5, 5.41) is 0. The molecule has 1 atom stereocenters. The molecule has 0 bridgehead atoms. The lowest BCUT2D eigenvalue weighted by Crippen LogP contribution is -2.29. The number of hydrogen-bond acceptors (Lipinski definition) is 3. The van der Waals surface area contributed by atoms with Crippen molar-refractivity contribution < 1.29 is 13.9 Å². The Balaban J connectivity index is 1.87. The Hall–Kier alpha value is -1.89. The molecule has 19 heavy (non-hydrogen) atoms. The van der Waals surface area contributed by atoms with E-state index in [-0.39, 0.29) is 12.1 Å². The molecule has 4 nitrogen and oxygen atoms in total. The summed E-state index contributed by atoms with van der Waals surface area (Å²) < 4.78 is 10.3. The third-order valence-electron chi connectivity index (χ3n) is 3.12. The minimum absolute atomic E-state index is 0.0340. The monoisotopic (exact) mass is 261 g/mol. The van der Waals surface area contributed by atoms with Crippen molar-refractivity contribution in [2.75, 3.05) is 6.61 Å². The number of cyclic esters (lactones) is 1. The quantitative estimate of drug-likeness (QED) is 0.604. The van der Waals surface area contributed by atoms with Crippen molar-refractivity contribution in [3.05, 3.63) is 24.2 Å². The van der Waals surface area contributed by atoms with Crippen molar-refractivity contribution in [1.29, 1.82) is 0 Å². The second-order valence-corrected chi connectivity index (χ2v) is 4.61. The molecular weight excluding hydrogens is 242 g/mol. The third kappa shape index (κ3) is 3.78. The van der Waals surface area contributed by atoms with E-state index in [2.05, 4.69) is 18.9 Å². The lowest BCUT2D eigenvalue weighted by molar-refractivity contribution is 0.167. The number of furan rings is 1. The van der Waals surface area contributed by atoms with Crippen molar-refractivity contribution in [3.63, 3.8) is 0 Å². The minimum Gasteiger partial charge on any atom is -0.469 e. The van der Waals surface area contributed by atoms with Gasteiger partial charge in [-0.15, -0.1) is 0 Å². The average Bonchev–Trinajstić information content (AvgIpc) is 3.03. The Kier molecular flexibility index (Phi) is 4.91. The topological polar surface area (TPSA) is 42.7 Å². The fourth-order valence-electron chi connectivity index (χ4n) is 1.98. The van der Waals surface area contributed by atoms with Gasteiger partial charge < -0.3 is 9.15 Å². The number of ether oxygens (including phenoxy) is 1. The summed E-state index contributed by atoms with van der Waals surface area (Å²) in [7, 11) is 0. The first-order chi connectivity index (χ1) is 9.31. The number of aryl methyl sites for hydroxylation is 1. The fourth-order valence-corrected chi connectivity index (χ4v) is 1.98. The molecule has 0 unspecified atom stereocenters. The molecule has 0 aromatic carbocycles. The van der Waals surface area contributed by atoms with Gasteiger partial charge in [0.15, 0.2) is 0 Å². The minimum atomic E-state index is -0.326. The van der Waals surface area contributed by atoms with Crippen LogP contribution in [0.5, 0.6) is 0 Å². The Morgan fingerprint density at radius 1 is 1.53 bits per heavy atom. The Morgan fingerprint density at radius 2 is 2.42 bits per heavy atom. The molecule has 0 spiro atoms. The van der Waals surface area contributed by atoms with Crippen LogP contribution in [0.25, 0.3) is 0 Å². The average molecular weight is 261 g/mol. The summed E-state index contributed by atoms with van der Waals surface area (Å²) in [5.74, 6) is 3.96. The van der Waals surface area contributed by atoms with Gasteiger partial charge in [0.2, 0.25) is 0 Å². The van der Waals surface area contributed by atoms with Gasteiger partial charge in [0.1, 0.15) is 12.4 Å². The largest absolute Gasteiger partial charge is 0.469 e. The maximum atomic E-state index is 11.6. The zero-order valence-electron chi connectivity index (χ0n) is 11.2. The highest BCUT2D eigenvalue weighted by molar-refractivity contribution is 5.72. The SMILES string of the molecule is CCCCC#CN1C(=O)OC[C@H]1CCc1ccco1. The Bertz CT molecular complexity index is 455. The van der Waals surface area contributed by atoms with Crippen LogP contribution < -0.4 is 0 Å². The van der Waals surface area contributed by atoms with Crippen molar-refractivity contribution in [1.82, 2.24) is 4.90 Å². The highest BCUT2D eigenvalue weighted by Gasteiger charge is 2.31. The molecule has 4 heteroatoms. The molecule has 2 rings (SSSR count). The third-order valence-corrected chi connectivity index (χ3v) is 3.12. The van der Waals surface area contributed by atoms with Crippen LogP contribution in [0.15, 0.2) is 22.8 Å². The first-order valence-corrected chi connectivity index (χ1v) is 6.78. The summed E-state index contributed by atoms with van der Waals surface area (Å²) in [6, 6.07) is 6.77. The van der Waals surface area contributed by atoms with Gasteiger partial charge in [0.25, 0.3) is 0 Å². The summed E-state index contributed by atoms with van der Waals surface area (Å²) in [6.07, 6.45) is 5.93. The maximum Gasteiger partial charge on any atom is 0.422 e. The predicted octanol–water partition coefficient (Wildman–Crippen LogP) is 3.18. The summed E-state index contributed by atoms with van der Waals surface area (Å²) in [6.45, 7) is 2.54. The number of nitrogens with zero attached hydrogens (tertiary/aromatic N) is 1.